The molecule has 1 atom stereocenters. The molecule has 0 saturated heterocycles. The monoisotopic (exact) mass is 267 g/mol. The molecule has 0 aliphatic carbocycles. The second-order valence-corrected chi connectivity index (χ2v) is 5.03. The predicted molar refractivity (Wildman–Crippen MR) is 61.6 cm³/mol. The number of halogens is 2. The van der Waals surface area contributed by atoms with Gasteiger partial charge in [0.05, 0.1) is 18.2 Å². The first-order valence-electron chi connectivity index (χ1n) is 4.54. The number of carbonyl (C=O) groups is 1. The van der Waals surface area contributed by atoms with Gasteiger partial charge in [-0.15, -0.1) is 22.9 Å². The molecule has 1 heterocycles. The molecule has 0 aliphatic rings. The first-order chi connectivity index (χ1) is 7.13. The topological polar surface area (TPSA) is 39.2 Å². The van der Waals surface area contributed by atoms with Gasteiger partial charge in [-0.25, -0.2) is 4.98 Å². The summed E-state index contributed by atoms with van der Waals surface area (Å²) in [6, 6.07) is 0. The molecule has 0 fully saturated rings. The average Bonchev–Trinajstić information content (AvgIpc) is 2.62. The summed E-state index contributed by atoms with van der Waals surface area (Å²) in [5, 5.41) is 0.470. The van der Waals surface area contributed by atoms with Gasteiger partial charge in [0.25, 0.3) is 0 Å². The lowest BCUT2D eigenvalue weighted by molar-refractivity contribution is -0.143. The molecule has 0 N–H and O–H groups in total. The van der Waals surface area contributed by atoms with Crippen LogP contribution in [0.15, 0.2) is 6.20 Å². The van der Waals surface area contributed by atoms with E-state index >= 15 is 0 Å². The Kier molecular flexibility index (Phi) is 5.36. The first kappa shape index (κ1) is 12.7. The van der Waals surface area contributed by atoms with E-state index in [-0.39, 0.29) is 11.3 Å². The summed E-state index contributed by atoms with van der Waals surface area (Å²) in [4.78, 5) is 15.1. The Morgan fingerprint density at radius 2 is 2.47 bits per heavy atom. The number of aromatic nitrogens is 1. The van der Waals surface area contributed by atoms with Gasteiger partial charge in [-0.05, 0) is 13.3 Å². The number of nitrogens with zero attached hydrogens (tertiary/aromatic N) is 1. The molecule has 15 heavy (non-hydrogen) atoms. The predicted octanol–water partition coefficient (Wildman–Crippen LogP) is 3.42. The third kappa shape index (κ3) is 4.36. The molecule has 0 saturated carbocycles. The number of ether oxygens (including phenoxy) is 1. The minimum Gasteiger partial charge on any atom is -0.466 e. The summed E-state index contributed by atoms with van der Waals surface area (Å²) in [5.41, 5.74) is 0. The molecule has 6 heteroatoms. The van der Waals surface area contributed by atoms with Crippen LogP contribution in [0.1, 0.15) is 30.2 Å². The number of esters is 1. The number of hydrogen-bond acceptors (Lipinski definition) is 4. The minimum atomic E-state index is -0.271. The van der Waals surface area contributed by atoms with E-state index in [1.54, 1.807) is 13.1 Å². The van der Waals surface area contributed by atoms with E-state index < -0.39 is 0 Å². The smallest absolute Gasteiger partial charge is 0.305 e. The zero-order valence-electron chi connectivity index (χ0n) is 8.20. The maximum Gasteiger partial charge on any atom is 0.305 e. The van der Waals surface area contributed by atoms with Gasteiger partial charge in [0.1, 0.15) is 9.34 Å². The maximum absolute atomic E-state index is 11.1. The number of rotatable bonds is 5. The van der Waals surface area contributed by atoms with E-state index in [1.807, 2.05) is 0 Å². The van der Waals surface area contributed by atoms with E-state index in [2.05, 4.69) is 4.98 Å². The molecular weight excluding hydrogens is 257 g/mol. The van der Waals surface area contributed by atoms with Gasteiger partial charge in [0.15, 0.2) is 0 Å². The molecule has 1 aromatic rings. The Morgan fingerprint density at radius 3 is 3.00 bits per heavy atom. The lowest BCUT2D eigenvalue weighted by Crippen LogP contribution is -2.04. The van der Waals surface area contributed by atoms with Crippen LogP contribution in [0.2, 0.25) is 4.34 Å². The van der Waals surface area contributed by atoms with Crippen molar-refractivity contribution in [3.05, 3.63) is 15.5 Å². The van der Waals surface area contributed by atoms with Crippen LogP contribution >= 0.6 is 34.5 Å². The molecule has 1 rings (SSSR count). The molecule has 0 radical (unpaired) electrons. The second kappa shape index (κ2) is 6.30. The van der Waals surface area contributed by atoms with Crippen LogP contribution in [0, 0.1) is 0 Å². The summed E-state index contributed by atoms with van der Waals surface area (Å²) in [6.07, 6.45) is 2.38. The lowest BCUT2D eigenvalue weighted by Gasteiger charge is -2.05. The fourth-order valence-corrected chi connectivity index (χ4v) is 2.25. The summed E-state index contributed by atoms with van der Waals surface area (Å²) >= 11 is 13.1. The van der Waals surface area contributed by atoms with Crippen LogP contribution in [0.4, 0.5) is 0 Å². The van der Waals surface area contributed by atoms with Crippen molar-refractivity contribution in [3.8, 4) is 0 Å². The molecule has 84 valence electrons. The summed E-state index contributed by atoms with van der Waals surface area (Å²) in [5.74, 6) is -0.231. The molecule has 0 spiro atoms. The first-order valence-corrected chi connectivity index (χ1v) is 6.17. The third-order valence-electron chi connectivity index (χ3n) is 1.67. The van der Waals surface area contributed by atoms with Gasteiger partial charge in [0.2, 0.25) is 0 Å². The summed E-state index contributed by atoms with van der Waals surface area (Å²) in [7, 11) is 0. The van der Waals surface area contributed by atoms with Crippen molar-refractivity contribution in [1.29, 1.82) is 0 Å². The average molecular weight is 268 g/mol. The third-order valence-corrected chi connectivity index (χ3v) is 3.45. The highest BCUT2D eigenvalue weighted by Crippen LogP contribution is 2.31. The molecule has 0 amide bonds. The Labute approximate surface area is 102 Å². The van der Waals surface area contributed by atoms with E-state index in [4.69, 9.17) is 27.9 Å². The Balaban J connectivity index is 2.36. The number of hydrogen-bond donors (Lipinski definition) is 0. The molecule has 0 bridgehead atoms. The molecule has 1 aromatic heterocycles. The largest absolute Gasteiger partial charge is 0.466 e. The van der Waals surface area contributed by atoms with E-state index in [1.165, 1.54) is 11.3 Å². The van der Waals surface area contributed by atoms with Gasteiger partial charge >= 0.3 is 5.97 Å². The molecule has 0 aromatic carbocycles. The zero-order valence-corrected chi connectivity index (χ0v) is 10.5. The number of carbonyl (C=O) groups excluding carboxylic acids is 1. The SMILES string of the molecule is CCOC(=O)CCC(Cl)c1ncc(Cl)s1. The molecule has 0 aliphatic heterocycles. The van der Waals surface area contributed by atoms with Crippen LogP contribution in [0.3, 0.4) is 0 Å². The van der Waals surface area contributed by atoms with Crippen LogP contribution < -0.4 is 0 Å². The zero-order chi connectivity index (χ0) is 11.3. The van der Waals surface area contributed by atoms with E-state index in [9.17, 15) is 4.79 Å². The Morgan fingerprint density at radius 1 is 1.73 bits per heavy atom. The lowest BCUT2D eigenvalue weighted by atomic mass is 10.2. The van der Waals surface area contributed by atoms with Gasteiger partial charge in [-0.3, -0.25) is 4.79 Å². The van der Waals surface area contributed by atoms with Crippen molar-refractivity contribution in [1.82, 2.24) is 4.98 Å². The summed E-state index contributed by atoms with van der Waals surface area (Å²) < 4.78 is 5.40. The summed E-state index contributed by atoms with van der Waals surface area (Å²) in [6.45, 7) is 2.17. The van der Waals surface area contributed by atoms with Crippen molar-refractivity contribution in [2.24, 2.45) is 0 Å². The van der Waals surface area contributed by atoms with E-state index in [0.29, 0.717) is 23.8 Å². The Hall–Kier alpha value is -0.320. The quantitative estimate of drug-likeness (QED) is 0.606. The van der Waals surface area contributed by atoms with Crippen molar-refractivity contribution < 1.29 is 9.53 Å². The highest BCUT2D eigenvalue weighted by Gasteiger charge is 2.14. The molecular formula is C9H11Cl2NO2S. The highest BCUT2D eigenvalue weighted by atomic mass is 35.5. The minimum absolute atomic E-state index is 0.231. The van der Waals surface area contributed by atoms with Crippen molar-refractivity contribution in [2.75, 3.05) is 6.61 Å². The van der Waals surface area contributed by atoms with Crippen molar-refractivity contribution in [3.63, 3.8) is 0 Å². The molecule has 3 nitrogen and oxygen atoms in total. The fraction of sp³-hybridized carbons (Fsp3) is 0.556. The fourth-order valence-electron chi connectivity index (χ4n) is 1.01. The second-order valence-electron chi connectivity index (χ2n) is 2.81. The van der Waals surface area contributed by atoms with Crippen LogP contribution in [-0.2, 0) is 9.53 Å². The normalized spacial score (nSPS) is 12.5. The van der Waals surface area contributed by atoms with Gasteiger partial charge in [0, 0.05) is 6.42 Å². The number of alkyl halides is 1. The van der Waals surface area contributed by atoms with Crippen LogP contribution in [0.25, 0.3) is 0 Å². The van der Waals surface area contributed by atoms with Crippen molar-refractivity contribution >= 4 is 40.5 Å². The number of thiazole rings is 1. The van der Waals surface area contributed by atoms with Gasteiger partial charge in [-0.1, -0.05) is 11.6 Å². The van der Waals surface area contributed by atoms with Crippen LogP contribution in [0.5, 0.6) is 0 Å². The van der Waals surface area contributed by atoms with Gasteiger partial charge in [-0.2, -0.15) is 0 Å². The molecule has 1 unspecified atom stereocenters. The van der Waals surface area contributed by atoms with Gasteiger partial charge < -0.3 is 4.74 Å². The van der Waals surface area contributed by atoms with E-state index in [0.717, 1.165) is 5.01 Å². The maximum atomic E-state index is 11.1. The standard InChI is InChI=1S/C9H11Cl2NO2S/c1-2-14-8(13)4-3-6(10)9-12-5-7(11)15-9/h5-6H,2-4H2,1H3. The Bertz CT molecular complexity index is 330. The van der Waals surface area contributed by atoms with Crippen LogP contribution in [-0.4, -0.2) is 17.6 Å². The van der Waals surface area contributed by atoms with Crippen molar-refractivity contribution in [2.45, 2.75) is 25.1 Å². The highest BCUT2D eigenvalue weighted by molar-refractivity contribution is 7.16.